The van der Waals surface area contributed by atoms with E-state index in [4.69, 9.17) is 0 Å². The number of rotatable bonds is 2. The summed E-state index contributed by atoms with van der Waals surface area (Å²) in [6.45, 7) is 46.6. The molecule has 3 heteroatoms. The molecule has 0 amide bonds. The fraction of sp³-hybridized carbons (Fsp3) is 0.516. The zero-order chi connectivity index (χ0) is 47.1. The van der Waals surface area contributed by atoms with Crippen LogP contribution < -0.4 is 26.2 Å². The molecule has 5 aromatic rings. The van der Waals surface area contributed by atoms with Crippen molar-refractivity contribution in [2.24, 2.45) is 0 Å². The first-order valence-corrected chi connectivity index (χ1v) is 25.3. The minimum absolute atomic E-state index is 0.00832. The molecule has 0 fully saturated rings. The van der Waals surface area contributed by atoms with Crippen molar-refractivity contribution < 1.29 is 0 Å². The van der Waals surface area contributed by atoms with E-state index in [1.807, 2.05) is 0 Å². The number of fused-ring (bicyclic) bond motifs is 7. The number of aryl methyl sites for hydroxylation is 1. The van der Waals surface area contributed by atoms with Crippen LogP contribution in [-0.2, 0) is 43.3 Å². The summed E-state index contributed by atoms with van der Waals surface area (Å²) in [5.41, 5.74) is 25.9. The molecular formula is C62H79BN2. The maximum atomic E-state index is 2.77. The van der Waals surface area contributed by atoms with Gasteiger partial charge in [-0.2, -0.15) is 0 Å². The smallest absolute Gasteiger partial charge is 0.252 e. The lowest BCUT2D eigenvalue weighted by atomic mass is 9.33. The number of nitrogens with zero attached hydrogens (tertiary/aromatic N) is 2. The Labute approximate surface area is 395 Å². The predicted octanol–water partition coefficient (Wildman–Crippen LogP) is 15.3. The Morgan fingerprint density at radius 3 is 1.40 bits per heavy atom. The molecule has 0 atom stereocenters. The highest BCUT2D eigenvalue weighted by Gasteiger charge is 2.49. The molecule has 65 heavy (non-hydrogen) atoms. The topological polar surface area (TPSA) is 6.48 Å². The molecule has 0 saturated heterocycles. The van der Waals surface area contributed by atoms with Crippen molar-refractivity contribution in [1.29, 1.82) is 0 Å². The minimum atomic E-state index is -0.0884. The van der Waals surface area contributed by atoms with Gasteiger partial charge in [-0.1, -0.05) is 155 Å². The Balaban J connectivity index is 1.36. The van der Waals surface area contributed by atoms with Crippen molar-refractivity contribution in [3.63, 3.8) is 0 Å². The Hall–Kier alpha value is -4.24. The largest absolute Gasteiger partial charge is 0.311 e. The molecule has 0 radical (unpaired) electrons. The van der Waals surface area contributed by atoms with Crippen LogP contribution in [0.1, 0.15) is 207 Å². The maximum absolute atomic E-state index is 2.77. The highest BCUT2D eigenvalue weighted by molar-refractivity contribution is 7.00. The van der Waals surface area contributed by atoms with Gasteiger partial charge in [-0.15, -0.1) is 0 Å². The predicted molar refractivity (Wildman–Crippen MR) is 284 cm³/mol. The Kier molecular flexibility index (Phi) is 9.24. The second-order valence-corrected chi connectivity index (χ2v) is 27.7. The van der Waals surface area contributed by atoms with E-state index in [0.29, 0.717) is 0 Å². The van der Waals surface area contributed by atoms with Crippen LogP contribution in [0.2, 0.25) is 0 Å². The first kappa shape index (κ1) is 44.6. The molecule has 3 aliphatic carbocycles. The van der Waals surface area contributed by atoms with Gasteiger partial charge in [-0.05, 0) is 191 Å². The average Bonchev–Trinajstić information content (AvgIpc) is 3.38. The molecule has 0 N–H and O–H groups in total. The van der Waals surface area contributed by atoms with Gasteiger partial charge in [0.25, 0.3) is 6.71 Å². The first-order chi connectivity index (χ1) is 29.8. The van der Waals surface area contributed by atoms with Crippen LogP contribution in [0.5, 0.6) is 0 Å². The zero-order valence-corrected chi connectivity index (χ0v) is 43.9. The normalized spacial score (nSPS) is 21.2. The first-order valence-electron chi connectivity index (χ1n) is 25.3. The number of hydrogen-bond acceptors (Lipinski definition) is 2. The van der Waals surface area contributed by atoms with Crippen molar-refractivity contribution in [3.05, 3.63) is 123 Å². The van der Waals surface area contributed by atoms with Crippen LogP contribution in [0.4, 0.5) is 34.1 Å². The second kappa shape index (κ2) is 13.5. The van der Waals surface area contributed by atoms with Gasteiger partial charge < -0.3 is 9.80 Å². The van der Waals surface area contributed by atoms with E-state index in [0.717, 1.165) is 6.42 Å². The zero-order valence-electron chi connectivity index (χ0n) is 43.9. The maximum Gasteiger partial charge on any atom is 0.252 e. The minimum Gasteiger partial charge on any atom is -0.311 e. The van der Waals surface area contributed by atoms with E-state index in [1.54, 1.807) is 0 Å². The number of hydrogen-bond donors (Lipinski definition) is 0. The monoisotopic (exact) mass is 863 g/mol. The van der Waals surface area contributed by atoms with Gasteiger partial charge in [-0.25, -0.2) is 0 Å². The molecule has 2 nitrogen and oxygen atoms in total. The van der Waals surface area contributed by atoms with E-state index < -0.39 is 0 Å². The summed E-state index contributed by atoms with van der Waals surface area (Å²) in [4.78, 5) is 5.48. The molecule has 2 heterocycles. The third kappa shape index (κ3) is 6.60. The second-order valence-electron chi connectivity index (χ2n) is 27.7. The molecule has 5 aromatic carbocycles. The molecule has 0 bridgehead atoms. The highest BCUT2D eigenvalue weighted by atomic mass is 15.2. The molecule has 0 aromatic heterocycles. The summed E-state index contributed by atoms with van der Waals surface area (Å²) in [7, 11) is 0. The molecule has 0 spiro atoms. The summed E-state index contributed by atoms with van der Waals surface area (Å²) in [6.07, 6.45) is 5.93. The lowest BCUT2D eigenvalue weighted by Crippen LogP contribution is -2.62. The van der Waals surface area contributed by atoms with Gasteiger partial charge >= 0.3 is 0 Å². The standard InChI is InChI=1S/C62H79BN2/c1-37-28-42-45(59(12,13)26-24-57(42,8)9)34-49(37)65-51-35-46-44(58(10,11)25-27-60(46,14)15)33-48(51)63-47-23-20-38(55(2,3)4)29-50(47)64(52-30-39(56(5,6)7)31-53(65)54(52)63)40-21-22-41-43(32-40)62(18,19)36-61(41,16)17/h20-23,28-35H,24-27,36H2,1-19H3. The molecule has 340 valence electrons. The third-order valence-electron chi connectivity index (χ3n) is 17.8. The fourth-order valence-electron chi connectivity index (χ4n) is 13.6. The van der Waals surface area contributed by atoms with Gasteiger partial charge in [0.1, 0.15) is 0 Å². The van der Waals surface area contributed by atoms with Gasteiger partial charge in [0.2, 0.25) is 0 Å². The van der Waals surface area contributed by atoms with Crippen LogP contribution >= 0.6 is 0 Å². The Bertz CT molecular complexity index is 2840. The lowest BCUT2D eigenvalue weighted by molar-refractivity contribution is 0.331. The number of anilines is 6. The van der Waals surface area contributed by atoms with E-state index >= 15 is 0 Å². The summed E-state index contributed by atoms with van der Waals surface area (Å²) in [6, 6.07) is 30.9. The van der Waals surface area contributed by atoms with Crippen molar-refractivity contribution in [2.45, 2.75) is 207 Å². The number of benzene rings is 5. The van der Waals surface area contributed by atoms with E-state index in [1.165, 1.54) is 126 Å². The van der Waals surface area contributed by atoms with E-state index in [-0.39, 0.29) is 50.0 Å². The van der Waals surface area contributed by atoms with E-state index in [9.17, 15) is 0 Å². The van der Waals surface area contributed by atoms with Crippen molar-refractivity contribution in [2.75, 3.05) is 9.80 Å². The van der Waals surface area contributed by atoms with Gasteiger partial charge in [0.15, 0.2) is 0 Å². The highest BCUT2D eigenvalue weighted by Crippen LogP contribution is 2.55. The molecule has 0 unspecified atom stereocenters. The van der Waals surface area contributed by atoms with E-state index in [2.05, 4.69) is 214 Å². The Morgan fingerprint density at radius 1 is 0.400 bits per heavy atom. The molecule has 2 aliphatic heterocycles. The molecule has 10 rings (SSSR count). The molecule has 0 saturated carbocycles. The quantitative estimate of drug-likeness (QED) is 0.160. The molecule has 5 aliphatic rings. The van der Waals surface area contributed by atoms with Crippen LogP contribution in [0.15, 0.2) is 72.8 Å². The summed E-state index contributed by atoms with van der Waals surface area (Å²) in [5, 5.41) is 0. The van der Waals surface area contributed by atoms with Gasteiger partial charge in [0.05, 0.1) is 0 Å². The molecular weight excluding hydrogens is 784 g/mol. The fourth-order valence-corrected chi connectivity index (χ4v) is 13.6. The van der Waals surface area contributed by atoms with Crippen molar-refractivity contribution in [3.8, 4) is 0 Å². The SMILES string of the molecule is Cc1cc2c(cc1N1c3cc4c(cc3B3c5ccc(C(C)(C)C)cc5N(c5ccc6c(c5)C(C)(C)CC6(C)C)c5cc(C(C)(C)C)cc1c53)C(C)(C)CCC4(C)C)C(C)(C)CCC2(C)C. The lowest BCUT2D eigenvalue weighted by Gasteiger charge is -2.49. The third-order valence-corrected chi connectivity index (χ3v) is 17.8. The Morgan fingerprint density at radius 2 is 0.846 bits per heavy atom. The van der Waals surface area contributed by atoms with Gasteiger partial charge in [-0.3, -0.25) is 0 Å². The van der Waals surface area contributed by atoms with Crippen molar-refractivity contribution >= 4 is 57.2 Å². The van der Waals surface area contributed by atoms with Crippen LogP contribution in [0.3, 0.4) is 0 Å². The van der Waals surface area contributed by atoms with Crippen molar-refractivity contribution in [1.82, 2.24) is 0 Å². The van der Waals surface area contributed by atoms with Crippen LogP contribution in [0, 0.1) is 6.92 Å². The summed E-state index contributed by atoms with van der Waals surface area (Å²) >= 11 is 0. The average molecular weight is 863 g/mol. The summed E-state index contributed by atoms with van der Waals surface area (Å²) in [5.74, 6) is 0. The van der Waals surface area contributed by atoms with Gasteiger partial charge in [0, 0.05) is 34.1 Å². The van der Waals surface area contributed by atoms with Crippen LogP contribution in [-0.4, -0.2) is 6.71 Å². The van der Waals surface area contributed by atoms with Crippen LogP contribution in [0.25, 0.3) is 0 Å². The summed E-state index contributed by atoms with van der Waals surface area (Å²) < 4.78 is 0.